The summed E-state index contributed by atoms with van der Waals surface area (Å²) in [5, 5.41) is 13.7. The number of hydrogen-bond acceptors (Lipinski definition) is 5. The fraction of sp³-hybridized carbons (Fsp3) is 0.381. The van der Waals surface area contributed by atoms with Gasteiger partial charge in [-0.25, -0.2) is 8.78 Å². The molecule has 0 saturated carbocycles. The van der Waals surface area contributed by atoms with Crippen molar-refractivity contribution in [3.63, 3.8) is 0 Å². The smallest absolute Gasteiger partial charge is 0.264 e. The van der Waals surface area contributed by atoms with E-state index in [0.717, 1.165) is 42.3 Å². The minimum absolute atomic E-state index is 0.0259. The third kappa shape index (κ3) is 3.67. The molecule has 1 fully saturated rings. The second kappa shape index (κ2) is 7.75. The minimum Gasteiger partial charge on any atom is -0.364 e. The molecular weight excluding hydrogens is 360 g/mol. The molecule has 2 aromatic heterocycles. The average molecular weight is 383 g/mol. The van der Waals surface area contributed by atoms with E-state index >= 15 is 0 Å². The van der Waals surface area contributed by atoms with Crippen LogP contribution in [0.5, 0.6) is 0 Å². The van der Waals surface area contributed by atoms with Gasteiger partial charge in [-0.1, -0.05) is 17.7 Å². The van der Waals surface area contributed by atoms with E-state index in [2.05, 4.69) is 32.4 Å². The number of fused-ring (bicyclic) bond motifs is 1. The summed E-state index contributed by atoms with van der Waals surface area (Å²) in [6, 6.07) is 7.12. The van der Waals surface area contributed by atoms with Crippen molar-refractivity contribution >= 4 is 16.6 Å². The maximum atomic E-state index is 13.6. The van der Waals surface area contributed by atoms with Gasteiger partial charge in [0.15, 0.2) is 5.82 Å². The average Bonchev–Trinajstić information content (AvgIpc) is 2.68. The van der Waals surface area contributed by atoms with Crippen molar-refractivity contribution in [1.29, 1.82) is 0 Å². The van der Waals surface area contributed by atoms with Crippen LogP contribution in [0.2, 0.25) is 0 Å². The first-order valence-corrected chi connectivity index (χ1v) is 9.47. The van der Waals surface area contributed by atoms with E-state index in [0.29, 0.717) is 17.1 Å². The van der Waals surface area contributed by atoms with Gasteiger partial charge in [0.2, 0.25) is 0 Å². The lowest BCUT2D eigenvalue weighted by atomic mass is 9.99. The monoisotopic (exact) mass is 383 g/mol. The molecule has 0 bridgehead atoms. The summed E-state index contributed by atoms with van der Waals surface area (Å²) in [6.07, 6.45) is 2.98. The van der Waals surface area contributed by atoms with Crippen LogP contribution >= 0.6 is 0 Å². The zero-order chi connectivity index (χ0) is 19.7. The van der Waals surface area contributed by atoms with Gasteiger partial charge in [0.1, 0.15) is 5.69 Å². The summed E-state index contributed by atoms with van der Waals surface area (Å²) >= 11 is 0. The molecule has 1 atom stereocenters. The van der Waals surface area contributed by atoms with Crippen LogP contribution in [0.25, 0.3) is 22.0 Å². The van der Waals surface area contributed by atoms with Crippen molar-refractivity contribution in [2.24, 2.45) is 0 Å². The summed E-state index contributed by atoms with van der Waals surface area (Å²) in [7, 11) is 2.10. The lowest BCUT2D eigenvalue weighted by Crippen LogP contribution is -2.40. The van der Waals surface area contributed by atoms with Gasteiger partial charge in [-0.05, 0) is 45.5 Å². The molecule has 5 nitrogen and oxygen atoms in total. The number of aryl methyl sites for hydroxylation is 1. The highest BCUT2D eigenvalue weighted by molar-refractivity contribution is 6.00. The summed E-state index contributed by atoms with van der Waals surface area (Å²) < 4.78 is 27.3. The highest BCUT2D eigenvalue weighted by atomic mass is 19.3. The minimum atomic E-state index is -2.58. The second-order valence-corrected chi connectivity index (χ2v) is 7.46. The molecule has 3 aromatic rings. The lowest BCUT2D eigenvalue weighted by molar-refractivity contribution is 0.152. The zero-order valence-corrected chi connectivity index (χ0v) is 16.0. The topological polar surface area (TPSA) is 53.9 Å². The molecule has 1 saturated heterocycles. The second-order valence-electron chi connectivity index (χ2n) is 7.46. The van der Waals surface area contributed by atoms with E-state index in [4.69, 9.17) is 0 Å². The van der Waals surface area contributed by atoms with E-state index in [1.807, 2.05) is 12.1 Å². The van der Waals surface area contributed by atoms with Crippen LogP contribution < -0.4 is 5.32 Å². The van der Waals surface area contributed by atoms with Gasteiger partial charge in [-0.3, -0.25) is 4.98 Å². The van der Waals surface area contributed by atoms with Gasteiger partial charge in [-0.15, -0.1) is 10.2 Å². The van der Waals surface area contributed by atoms with Crippen molar-refractivity contribution in [3.05, 3.63) is 47.8 Å². The van der Waals surface area contributed by atoms with Crippen molar-refractivity contribution in [1.82, 2.24) is 20.1 Å². The predicted molar refractivity (Wildman–Crippen MR) is 107 cm³/mol. The quantitative estimate of drug-likeness (QED) is 0.722. The number of rotatable bonds is 4. The number of piperidine rings is 1. The highest BCUT2D eigenvalue weighted by Crippen LogP contribution is 2.35. The van der Waals surface area contributed by atoms with E-state index in [-0.39, 0.29) is 11.6 Å². The molecule has 4 rings (SSSR count). The van der Waals surface area contributed by atoms with E-state index in [9.17, 15) is 8.78 Å². The molecule has 3 heterocycles. The molecule has 0 radical (unpaired) electrons. The maximum absolute atomic E-state index is 13.6. The number of hydrogen-bond donors (Lipinski definition) is 1. The highest BCUT2D eigenvalue weighted by Gasteiger charge is 2.21. The number of benzene rings is 1. The summed E-state index contributed by atoms with van der Waals surface area (Å²) in [6.45, 7) is 3.82. The van der Waals surface area contributed by atoms with Crippen molar-refractivity contribution in [2.45, 2.75) is 32.2 Å². The number of nitrogens with one attached hydrogen (secondary N) is 1. The molecule has 7 heteroatoms. The molecule has 1 N–H and O–H groups in total. The first-order chi connectivity index (χ1) is 13.5. The van der Waals surface area contributed by atoms with Crippen LogP contribution in [-0.4, -0.2) is 46.3 Å². The number of pyridine rings is 1. The van der Waals surface area contributed by atoms with Crippen LogP contribution in [0.4, 0.5) is 14.6 Å². The van der Waals surface area contributed by atoms with Crippen molar-refractivity contribution in [3.8, 4) is 11.3 Å². The Balaban J connectivity index is 1.79. The number of halogens is 2. The molecular formula is C21H23F2N5. The Bertz CT molecular complexity index is 992. The Hall–Kier alpha value is -2.67. The van der Waals surface area contributed by atoms with Crippen LogP contribution in [0.15, 0.2) is 36.7 Å². The Morgan fingerprint density at radius 2 is 2.04 bits per heavy atom. The number of anilines is 1. The van der Waals surface area contributed by atoms with E-state index in [1.54, 1.807) is 25.4 Å². The first-order valence-electron chi connectivity index (χ1n) is 9.47. The van der Waals surface area contributed by atoms with Crippen LogP contribution in [-0.2, 0) is 0 Å². The molecule has 0 amide bonds. The number of aromatic nitrogens is 3. The molecule has 28 heavy (non-hydrogen) atoms. The molecule has 1 aromatic carbocycles. The molecule has 1 aliphatic heterocycles. The van der Waals surface area contributed by atoms with Gasteiger partial charge in [-0.2, -0.15) is 0 Å². The third-order valence-corrected chi connectivity index (χ3v) is 5.24. The Morgan fingerprint density at radius 3 is 2.82 bits per heavy atom. The van der Waals surface area contributed by atoms with Crippen molar-refractivity contribution in [2.75, 3.05) is 25.5 Å². The largest absolute Gasteiger partial charge is 0.364 e. The summed E-state index contributed by atoms with van der Waals surface area (Å²) in [4.78, 5) is 6.50. The number of likely N-dealkylation sites (tertiary alicyclic amines) is 1. The Kier molecular flexibility index (Phi) is 5.17. The molecule has 146 valence electrons. The first kappa shape index (κ1) is 18.7. The maximum Gasteiger partial charge on any atom is 0.264 e. The Labute approximate surface area is 162 Å². The molecule has 1 aliphatic rings. The molecule has 0 aliphatic carbocycles. The molecule has 0 unspecified atom stereocenters. The SMILES string of the molecule is Cc1ccc(-c2nnc(N[C@@H]3CCCN(C)C3)c3cnccc23)c(C(F)F)c1. The standard InChI is InChI=1S/C21H23F2N5/c1-13-5-6-15(17(10-13)20(22)23)19-16-7-8-24-11-18(16)21(27-26-19)25-14-4-3-9-28(2)12-14/h5-8,10-11,14,20H,3-4,9,12H2,1-2H3,(H,25,27)/t14-/m1/s1. The van der Waals surface area contributed by atoms with Gasteiger partial charge in [0.25, 0.3) is 6.43 Å². The van der Waals surface area contributed by atoms with Crippen LogP contribution in [0.3, 0.4) is 0 Å². The zero-order valence-electron chi connectivity index (χ0n) is 16.0. The lowest BCUT2D eigenvalue weighted by Gasteiger charge is -2.30. The van der Waals surface area contributed by atoms with E-state index < -0.39 is 6.43 Å². The van der Waals surface area contributed by atoms with Gasteiger partial charge in [0, 0.05) is 46.9 Å². The fourth-order valence-electron chi connectivity index (χ4n) is 3.86. The van der Waals surface area contributed by atoms with Crippen molar-refractivity contribution < 1.29 is 8.78 Å². The predicted octanol–water partition coefficient (Wildman–Crippen LogP) is 4.44. The van der Waals surface area contributed by atoms with Gasteiger partial charge < -0.3 is 10.2 Å². The third-order valence-electron chi connectivity index (χ3n) is 5.24. The van der Waals surface area contributed by atoms with Crippen LogP contribution in [0.1, 0.15) is 30.4 Å². The van der Waals surface area contributed by atoms with Gasteiger partial charge in [0.05, 0.1) is 0 Å². The van der Waals surface area contributed by atoms with Gasteiger partial charge >= 0.3 is 0 Å². The molecule has 0 spiro atoms. The van der Waals surface area contributed by atoms with Crippen LogP contribution in [0, 0.1) is 6.92 Å². The summed E-state index contributed by atoms with van der Waals surface area (Å²) in [5.74, 6) is 0.651. The summed E-state index contributed by atoms with van der Waals surface area (Å²) in [5.41, 5.74) is 1.63. The Morgan fingerprint density at radius 1 is 1.18 bits per heavy atom. The number of nitrogens with zero attached hydrogens (tertiary/aromatic N) is 4. The fourth-order valence-corrected chi connectivity index (χ4v) is 3.86. The number of likely N-dealkylation sites (N-methyl/N-ethyl adjacent to an activating group) is 1. The number of alkyl halides is 2. The van der Waals surface area contributed by atoms with E-state index in [1.165, 1.54) is 6.07 Å². The normalized spacial score (nSPS) is 18.0.